The molecule has 0 saturated heterocycles. The van der Waals surface area contributed by atoms with Crippen LogP contribution in [0.3, 0.4) is 0 Å². The van der Waals surface area contributed by atoms with E-state index in [0.29, 0.717) is 6.42 Å². The minimum absolute atomic E-state index is 0.121. The number of benzene rings is 2. The SMILES string of the molecule is COc1ccc(C2c3[nH]c4ccccc4c3CCN2C(=O)Cc2cccs2)cc1. The summed E-state index contributed by atoms with van der Waals surface area (Å²) in [6.07, 6.45) is 1.31. The van der Waals surface area contributed by atoms with Crippen LogP contribution >= 0.6 is 11.3 Å². The molecule has 146 valence electrons. The maximum Gasteiger partial charge on any atom is 0.228 e. The number of ether oxygens (including phenoxy) is 1. The summed E-state index contributed by atoms with van der Waals surface area (Å²) < 4.78 is 5.33. The lowest BCUT2D eigenvalue weighted by atomic mass is 9.92. The average molecular weight is 403 g/mol. The quantitative estimate of drug-likeness (QED) is 0.525. The zero-order valence-corrected chi connectivity index (χ0v) is 17.0. The van der Waals surface area contributed by atoms with E-state index in [0.717, 1.165) is 40.4 Å². The molecule has 1 unspecified atom stereocenters. The highest BCUT2D eigenvalue weighted by Gasteiger charge is 2.34. The van der Waals surface area contributed by atoms with Crippen molar-refractivity contribution >= 4 is 28.1 Å². The zero-order chi connectivity index (χ0) is 19.8. The number of aromatic nitrogens is 1. The summed E-state index contributed by atoms with van der Waals surface area (Å²) in [4.78, 5) is 20.0. The number of H-pyrrole nitrogens is 1. The van der Waals surface area contributed by atoms with E-state index in [1.54, 1.807) is 18.4 Å². The summed E-state index contributed by atoms with van der Waals surface area (Å²) >= 11 is 1.63. The molecule has 0 bridgehead atoms. The van der Waals surface area contributed by atoms with Crippen LogP contribution in [0.4, 0.5) is 0 Å². The summed E-state index contributed by atoms with van der Waals surface area (Å²) in [6, 6.07) is 20.4. The van der Waals surface area contributed by atoms with Crippen LogP contribution in [-0.2, 0) is 17.6 Å². The molecule has 0 saturated carbocycles. The average Bonchev–Trinajstić information content (AvgIpc) is 3.40. The Hall–Kier alpha value is -3.05. The molecule has 1 atom stereocenters. The van der Waals surface area contributed by atoms with E-state index < -0.39 is 0 Å². The molecule has 5 heteroatoms. The fraction of sp³-hybridized carbons (Fsp3) is 0.208. The van der Waals surface area contributed by atoms with Gasteiger partial charge in [0, 0.05) is 28.0 Å². The van der Waals surface area contributed by atoms with Gasteiger partial charge in [0.1, 0.15) is 5.75 Å². The number of carbonyl (C=O) groups is 1. The topological polar surface area (TPSA) is 45.3 Å². The van der Waals surface area contributed by atoms with Gasteiger partial charge < -0.3 is 14.6 Å². The van der Waals surface area contributed by atoms with Crippen LogP contribution in [0.15, 0.2) is 66.0 Å². The van der Waals surface area contributed by atoms with E-state index in [9.17, 15) is 4.79 Å². The molecule has 4 nitrogen and oxygen atoms in total. The highest BCUT2D eigenvalue weighted by atomic mass is 32.1. The Kier molecular flexibility index (Phi) is 4.60. The predicted molar refractivity (Wildman–Crippen MR) is 117 cm³/mol. The lowest BCUT2D eigenvalue weighted by molar-refractivity contribution is -0.132. The minimum Gasteiger partial charge on any atom is -0.497 e. The van der Waals surface area contributed by atoms with Gasteiger partial charge in [-0.25, -0.2) is 0 Å². The normalized spacial score (nSPS) is 16.0. The Bertz CT molecular complexity index is 1150. The molecule has 2 aromatic heterocycles. The monoisotopic (exact) mass is 402 g/mol. The number of hydrogen-bond acceptors (Lipinski definition) is 3. The molecular formula is C24H22N2O2S. The van der Waals surface area contributed by atoms with Gasteiger partial charge in [-0.1, -0.05) is 36.4 Å². The predicted octanol–water partition coefficient (Wildman–Crippen LogP) is 4.95. The summed E-state index contributed by atoms with van der Waals surface area (Å²) in [5, 5.41) is 3.28. The molecular weight excluding hydrogens is 380 g/mol. The van der Waals surface area contributed by atoms with Gasteiger partial charge in [0.15, 0.2) is 0 Å². The maximum atomic E-state index is 13.3. The fourth-order valence-electron chi connectivity index (χ4n) is 4.31. The van der Waals surface area contributed by atoms with Gasteiger partial charge in [0.2, 0.25) is 5.91 Å². The van der Waals surface area contributed by atoms with Crippen LogP contribution in [0.25, 0.3) is 10.9 Å². The van der Waals surface area contributed by atoms with Gasteiger partial charge in [0.25, 0.3) is 0 Å². The molecule has 1 aliphatic heterocycles. The Balaban J connectivity index is 1.59. The first-order valence-electron chi connectivity index (χ1n) is 9.80. The van der Waals surface area contributed by atoms with Gasteiger partial charge in [-0.2, -0.15) is 0 Å². The van der Waals surface area contributed by atoms with Crippen LogP contribution in [0, 0.1) is 0 Å². The van der Waals surface area contributed by atoms with Gasteiger partial charge in [-0.15, -0.1) is 11.3 Å². The number of thiophene rings is 1. The summed E-state index contributed by atoms with van der Waals surface area (Å²) in [6.45, 7) is 0.718. The molecule has 29 heavy (non-hydrogen) atoms. The van der Waals surface area contributed by atoms with Crippen molar-refractivity contribution in [2.45, 2.75) is 18.9 Å². The van der Waals surface area contributed by atoms with Crippen molar-refractivity contribution in [1.29, 1.82) is 0 Å². The van der Waals surface area contributed by atoms with E-state index in [-0.39, 0.29) is 11.9 Å². The van der Waals surface area contributed by atoms with Crippen LogP contribution in [-0.4, -0.2) is 29.4 Å². The number of nitrogens with zero attached hydrogens (tertiary/aromatic N) is 1. The Morgan fingerprint density at radius 3 is 2.72 bits per heavy atom. The molecule has 1 N–H and O–H groups in total. The number of carbonyl (C=O) groups excluding carboxylic acids is 1. The second-order valence-corrected chi connectivity index (χ2v) is 8.36. The second-order valence-electron chi connectivity index (χ2n) is 7.33. The molecule has 1 aliphatic rings. The van der Waals surface area contributed by atoms with Crippen LogP contribution in [0.2, 0.25) is 0 Å². The molecule has 0 radical (unpaired) electrons. The molecule has 2 aromatic carbocycles. The van der Waals surface area contributed by atoms with E-state index in [1.807, 2.05) is 40.6 Å². The smallest absolute Gasteiger partial charge is 0.228 e. The van der Waals surface area contributed by atoms with E-state index in [2.05, 4.69) is 35.3 Å². The largest absolute Gasteiger partial charge is 0.497 e. The van der Waals surface area contributed by atoms with Crippen LogP contribution in [0.5, 0.6) is 5.75 Å². The zero-order valence-electron chi connectivity index (χ0n) is 16.2. The highest BCUT2D eigenvalue weighted by molar-refractivity contribution is 7.10. The molecule has 5 rings (SSSR count). The summed E-state index contributed by atoms with van der Waals surface area (Å²) in [5.41, 5.74) is 4.67. The number of para-hydroxylation sites is 1. The third-order valence-electron chi connectivity index (χ3n) is 5.69. The highest BCUT2D eigenvalue weighted by Crippen LogP contribution is 2.39. The van der Waals surface area contributed by atoms with E-state index >= 15 is 0 Å². The third kappa shape index (κ3) is 3.21. The van der Waals surface area contributed by atoms with Crippen molar-refractivity contribution in [2.24, 2.45) is 0 Å². The Labute approximate surface area is 173 Å². The number of fused-ring (bicyclic) bond motifs is 3. The first kappa shape index (κ1) is 18.0. The first-order chi connectivity index (χ1) is 14.2. The van der Waals surface area contributed by atoms with Crippen molar-refractivity contribution in [3.8, 4) is 5.75 Å². The number of rotatable bonds is 4. The standard InChI is InChI=1S/C24H22N2O2S/c1-28-17-10-8-16(9-11-17)24-23-20(19-6-2-3-7-21(19)25-23)12-13-26(24)22(27)15-18-5-4-14-29-18/h2-11,14,24-25H,12-13,15H2,1H3. The molecule has 0 aliphatic carbocycles. The molecule has 4 aromatic rings. The lowest BCUT2D eigenvalue weighted by Gasteiger charge is -2.36. The summed E-state index contributed by atoms with van der Waals surface area (Å²) in [7, 11) is 1.67. The molecule has 3 heterocycles. The fourth-order valence-corrected chi connectivity index (χ4v) is 5.00. The molecule has 0 fully saturated rings. The van der Waals surface area contributed by atoms with Crippen molar-refractivity contribution in [1.82, 2.24) is 9.88 Å². The van der Waals surface area contributed by atoms with E-state index in [1.165, 1.54) is 10.9 Å². The van der Waals surface area contributed by atoms with Gasteiger partial charge in [-0.3, -0.25) is 4.79 Å². The van der Waals surface area contributed by atoms with Crippen molar-refractivity contribution in [2.75, 3.05) is 13.7 Å². The third-order valence-corrected chi connectivity index (χ3v) is 6.57. The van der Waals surface area contributed by atoms with Crippen LogP contribution in [0.1, 0.15) is 27.7 Å². The number of hydrogen-bond donors (Lipinski definition) is 1. The van der Waals surface area contributed by atoms with Gasteiger partial charge >= 0.3 is 0 Å². The second kappa shape index (κ2) is 7.41. The maximum absolute atomic E-state index is 13.3. The van der Waals surface area contributed by atoms with Crippen molar-refractivity contribution in [3.63, 3.8) is 0 Å². The first-order valence-corrected chi connectivity index (χ1v) is 10.7. The Morgan fingerprint density at radius 1 is 1.14 bits per heavy atom. The van der Waals surface area contributed by atoms with Crippen molar-refractivity contribution < 1.29 is 9.53 Å². The number of aromatic amines is 1. The Morgan fingerprint density at radius 2 is 1.97 bits per heavy atom. The minimum atomic E-state index is -0.121. The van der Waals surface area contributed by atoms with Gasteiger partial charge in [0.05, 0.1) is 19.6 Å². The van der Waals surface area contributed by atoms with Crippen LogP contribution < -0.4 is 4.74 Å². The summed E-state index contributed by atoms with van der Waals surface area (Å²) in [5.74, 6) is 0.982. The molecule has 1 amide bonds. The lowest BCUT2D eigenvalue weighted by Crippen LogP contribution is -2.41. The molecule has 0 spiro atoms. The van der Waals surface area contributed by atoms with E-state index in [4.69, 9.17) is 4.74 Å². The number of amides is 1. The van der Waals surface area contributed by atoms with Crippen molar-refractivity contribution in [3.05, 3.63) is 87.7 Å². The number of methoxy groups -OCH3 is 1. The van der Waals surface area contributed by atoms with Gasteiger partial charge in [-0.05, 0) is 47.2 Å². The number of nitrogens with one attached hydrogen (secondary N) is 1.